The number of rotatable bonds is 2. The van der Waals surface area contributed by atoms with E-state index in [1.165, 1.54) is 32.0 Å². The third kappa shape index (κ3) is 3.39. The van der Waals surface area contributed by atoms with Gasteiger partial charge in [-0.05, 0) is 63.4 Å². The Labute approximate surface area is 136 Å². The van der Waals surface area contributed by atoms with Crippen LogP contribution in [0.15, 0.2) is 18.2 Å². The molecule has 1 amide bonds. The molecular weight excluding hydrogens is 300 g/mol. The Morgan fingerprint density at radius 2 is 1.86 bits per heavy atom. The third-order valence-electron chi connectivity index (χ3n) is 4.83. The standard InChI is InChI=1S/C17H23ClN2O2/c18-13-5-6-15(16(21)12-13)17(22)20-10-3-4-14(7-11-20)19-8-1-2-9-19/h5-6,12,14,21H,1-4,7-11H2. The Hall–Kier alpha value is -1.26. The van der Waals surface area contributed by atoms with Crippen LogP contribution in [0, 0.1) is 0 Å². The first-order valence-corrected chi connectivity index (χ1v) is 8.55. The lowest BCUT2D eigenvalue weighted by Crippen LogP contribution is -2.35. The van der Waals surface area contributed by atoms with Crippen LogP contribution in [-0.2, 0) is 0 Å². The summed E-state index contributed by atoms with van der Waals surface area (Å²) in [6, 6.07) is 5.31. The number of aromatic hydroxyl groups is 1. The highest BCUT2D eigenvalue weighted by Gasteiger charge is 2.27. The van der Waals surface area contributed by atoms with Gasteiger partial charge in [0, 0.05) is 24.2 Å². The number of likely N-dealkylation sites (tertiary alicyclic amines) is 2. The molecule has 22 heavy (non-hydrogen) atoms. The first-order chi connectivity index (χ1) is 10.6. The summed E-state index contributed by atoms with van der Waals surface area (Å²) in [5, 5.41) is 10.4. The maximum Gasteiger partial charge on any atom is 0.257 e. The van der Waals surface area contributed by atoms with Gasteiger partial charge in [-0.15, -0.1) is 0 Å². The van der Waals surface area contributed by atoms with Gasteiger partial charge in [-0.3, -0.25) is 4.79 Å². The predicted molar refractivity (Wildman–Crippen MR) is 87.5 cm³/mol. The molecule has 0 aliphatic carbocycles. The van der Waals surface area contributed by atoms with E-state index in [1.807, 2.05) is 4.90 Å². The predicted octanol–water partition coefficient (Wildman–Crippen LogP) is 3.14. The lowest BCUT2D eigenvalue weighted by molar-refractivity contribution is 0.0754. The lowest BCUT2D eigenvalue weighted by atomic mass is 10.1. The molecule has 0 aromatic heterocycles. The number of hydrogen-bond acceptors (Lipinski definition) is 3. The zero-order chi connectivity index (χ0) is 15.5. The van der Waals surface area contributed by atoms with Crippen LogP contribution in [0.5, 0.6) is 5.75 Å². The maximum atomic E-state index is 12.6. The van der Waals surface area contributed by atoms with Crippen molar-refractivity contribution >= 4 is 17.5 Å². The molecule has 120 valence electrons. The number of amides is 1. The molecular formula is C17H23ClN2O2. The van der Waals surface area contributed by atoms with Crippen LogP contribution in [-0.4, -0.2) is 53.0 Å². The van der Waals surface area contributed by atoms with Crippen molar-refractivity contribution < 1.29 is 9.90 Å². The number of hydrogen-bond donors (Lipinski definition) is 1. The first kappa shape index (κ1) is 15.6. The summed E-state index contributed by atoms with van der Waals surface area (Å²) in [5.41, 5.74) is 0.351. The summed E-state index contributed by atoms with van der Waals surface area (Å²) in [7, 11) is 0. The zero-order valence-electron chi connectivity index (χ0n) is 12.8. The van der Waals surface area contributed by atoms with Crippen molar-refractivity contribution in [3.8, 4) is 5.75 Å². The number of phenols is 1. The molecule has 2 saturated heterocycles. The Balaban J connectivity index is 1.66. The van der Waals surface area contributed by atoms with Crippen molar-refractivity contribution in [1.29, 1.82) is 0 Å². The number of phenolic OH excluding ortho intramolecular Hbond substituents is 1. The lowest BCUT2D eigenvalue weighted by Gasteiger charge is -2.26. The van der Waals surface area contributed by atoms with Gasteiger partial charge in [-0.2, -0.15) is 0 Å². The van der Waals surface area contributed by atoms with E-state index in [2.05, 4.69) is 4.90 Å². The summed E-state index contributed by atoms with van der Waals surface area (Å²) in [6.45, 7) is 3.94. The van der Waals surface area contributed by atoms with Crippen LogP contribution < -0.4 is 0 Å². The molecule has 3 rings (SSSR count). The smallest absolute Gasteiger partial charge is 0.257 e. The molecule has 1 aromatic rings. The van der Waals surface area contributed by atoms with Gasteiger partial charge in [0.1, 0.15) is 5.75 Å². The molecule has 0 spiro atoms. The van der Waals surface area contributed by atoms with E-state index >= 15 is 0 Å². The van der Waals surface area contributed by atoms with Crippen LogP contribution in [0.1, 0.15) is 42.5 Å². The molecule has 2 aliphatic heterocycles. The van der Waals surface area contributed by atoms with E-state index in [0.29, 0.717) is 16.6 Å². The monoisotopic (exact) mass is 322 g/mol. The van der Waals surface area contributed by atoms with Crippen molar-refractivity contribution in [2.75, 3.05) is 26.2 Å². The highest BCUT2D eigenvalue weighted by Crippen LogP contribution is 2.26. The average molecular weight is 323 g/mol. The number of nitrogens with zero attached hydrogens (tertiary/aromatic N) is 2. The minimum Gasteiger partial charge on any atom is -0.507 e. The molecule has 5 heteroatoms. The van der Waals surface area contributed by atoms with Crippen LogP contribution >= 0.6 is 11.6 Å². The average Bonchev–Trinajstić information content (AvgIpc) is 2.91. The molecule has 1 atom stereocenters. The van der Waals surface area contributed by atoms with E-state index in [1.54, 1.807) is 12.1 Å². The Morgan fingerprint density at radius 3 is 2.59 bits per heavy atom. The van der Waals surface area contributed by atoms with Gasteiger partial charge in [0.15, 0.2) is 0 Å². The van der Waals surface area contributed by atoms with Gasteiger partial charge in [0.25, 0.3) is 5.91 Å². The topological polar surface area (TPSA) is 43.8 Å². The zero-order valence-corrected chi connectivity index (χ0v) is 13.6. The second-order valence-corrected chi connectivity index (χ2v) is 6.72. The fourth-order valence-corrected chi connectivity index (χ4v) is 3.78. The maximum absolute atomic E-state index is 12.6. The number of carbonyl (C=O) groups is 1. The highest BCUT2D eigenvalue weighted by molar-refractivity contribution is 6.30. The summed E-state index contributed by atoms with van der Waals surface area (Å²) in [4.78, 5) is 17.1. The Kier molecular flexibility index (Phi) is 4.89. The number of benzene rings is 1. The minimum atomic E-state index is -0.0868. The fourth-order valence-electron chi connectivity index (χ4n) is 3.61. The Bertz CT molecular complexity index is 543. The second-order valence-electron chi connectivity index (χ2n) is 6.28. The molecule has 1 aromatic carbocycles. The number of halogens is 1. The molecule has 0 saturated carbocycles. The molecule has 4 nitrogen and oxygen atoms in total. The van der Waals surface area contributed by atoms with Gasteiger partial charge < -0.3 is 14.9 Å². The summed E-state index contributed by atoms with van der Waals surface area (Å²) in [6.07, 6.45) is 5.83. The van der Waals surface area contributed by atoms with Gasteiger partial charge in [0.2, 0.25) is 0 Å². The summed E-state index contributed by atoms with van der Waals surface area (Å²) < 4.78 is 0. The molecule has 2 fully saturated rings. The van der Waals surface area contributed by atoms with E-state index < -0.39 is 0 Å². The fraction of sp³-hybridized carbons (Fsp3) is 0.588. The first-order valence-electron chi connectivity index (χ1n) is 8.17. The van der Waals surface area contributed by atoms with Crippen LogP contribution in [0.2, 0.25) is 5.02 Å². The quantitative estimate of drug-likeness (QED) is 0.909. The molecule has 2 aliphatic rings. The Morgan fingerprint density at radius 1 is 1.09 bits per heavy atom. The van der Waals surface area contributed by atoms with Crippen molar-refractivity contribution in [2.24, 2.45) is 0 Å². The largest absolute Gasteiger partial charge is 0.507 e. The highest BCUT2D eigenvalue weighted by atomic mass is 35.5. The van der Waals surface area contributed by atoms with E-state index in [-0.39, 0.29) is 11.7 Å². The van der Waals surface area contributed by atoms with Crippen LogP contribution in [0.25, 0.3) is 0 Å². The van der Waals surface area contributed by atoms with Crippen LogP contribution in [0.3, 0.4) is 0 Å². The van der Waals surface area contributed by atoms with Crippen molar-refractivity contribution in [3.63, 3.8) is 0 Å². The van der Waals surface area contributed by atoms with Gasteiger partial charge in [-0.25, -0.2) is 0 Å². The molecule has 1 N–H and O–H groups in total. The second kappa shape index (κ2) is 6.88. The van der Waals surface area contributed by atoms with E-state index in [4.69, 9.17) is 11.6 Å². The SMILES string of the molecule is O=C(c1ccc(Cl)cc1O)N1CCCC(N2CCCC2)CC1. The van der Waals surface area contributed by atoms with E-state index in [0.717, 1.165) is 32.4 Å². The normalized spacial score (nSPS) is 23.5. The molecule has 2 heterocycles. The molecule has 0 radical (unpaired) electrons. The van der Waals surface area contributed by atoms with Gasteiger partial charge >= 0.3 is 0 Å². The van der Waals surface area contributed by atoms with Crippen molar-refractivity contribution in [3.05, 3.63) is 28.8 Å². The van der Waals surface area contributed by atoms with Crippen LogP contribution in [0.4, 0.5) is 0 Å². The summed E-state index contributed by atoms with van der Waals surface area (Å²) >= 11 is 5.83. The third-order valence-corrected chi connectivity index (χ3v) is 5.07. The van der Waals surface area contributed by atoms with Crippen molar-refractivity contribution in [1.82, 2.24) is 9.80 Å². The number of carbonyl (C=O) groups excluding carboxylic acids is 1. The van der Waals surface area contributed by atoms with E-state index in [9.17, 15) is 9.90 Å². The molecule has 1 unspecified atom stereocenters. The summed E-state index contributed by atoms with van der Waals surface area (Å²) in [5.74, 6) is -0.117. The van der Waals surface area contributed by atoms with Crippen molar-refractivity contribution in [2.45, 2.75) is 38.1 Å². The molecule has 0 bridgehead atoms. The van der Waals surface area contributed by atoms with Gasteiger partial charge in [0.05, 0.1) is 5.56 Å². The minimum absolute atomic E-state index is 0.0298. The van der Waals surface area contributed by atoms with Gasteiger partial charge in [-0.1, -0.05) is 11.6 Å².